The summed E-state index contributed by atoms with van der Waals surface area (Å²) in [6, 6.07) is 25.5. The number of fused-ring (bicyclic) bond motifs is 3. The molecule has 0 bridgehead atoms. The molecule has 1 unspecified atom stereocenters. The van der Waals surface area contributed by atoms with E-state index in [0.717, 1.165) is 29.6 Å². The molecule has 5 rings (SSSR count). The summed E-state index contributed by atoms with van der Waals surface area (Å²) in [5, 5.41) is 13.5. The van der Waals surface area contributed by atoms with Gasteiger partial charge in [0.15, 0.2) is 0 Å². The number of aliphatic carboxylic acids is 1. The Kier molecular flexibility index (Phi) is 5.04. The third kappa shape index (κ3) is 3.39. The lowest BCUT2D eigenvalue weighted by atomic mass is 9.82. The van der Waals surface area contributed by atoms with E-state index in [1.54, 1.807) is 0 Å². The molecular weight excluding hydrogens is 370 g/mol. The summed E-state index contributed by atoms with van der Waals surface area (Å²) in [4.78, 5) is 11.9. The third-order valence-corrected chi connectivity index (χ3v) is 6.73. The van der Waals surface area contributed by atoms with Crippen molar-refractivity contribution in [1.82, 2.24) is 4.57 Å². The summed E-state index contributed by atoms with van der Waals surface area (Å²) in [5.41, 5.74) is 3.41. The van der Waals surface area contributed by atoms with Crippen LogP contribution in [0.2, 0.25) is 0 Å². The van der Waals surface area contributed by atoms with E-state index >= 15 is 0 Å². The molecular formula is C27H27NO2. The predicted molar refractivity (Wildman–Crippen MR) is 123 cm³/mol. The van der Waals surface area contributed by atoms with Gasteiger partial charge in [-0.15, -0.1) is 0 Å². The van der Waals surface area contributed by atoms with E-state index in [1.807, 2.05) is 6.07 Å². The molecule has 1 aliphatic carbocycles. The highest BCUT2D eigenvalue weighted by Gasteiger charge is 2.30. The molecule has 30 heavy (non-hydrogen) atoms. The molecule has 1 heterocycles. The van der Waals surface area contributed by atoms with Gasteiger partial charge in [0.2, 0.25) is 0 Å². The summed E-state index contributed by atoms with van der Waals surface area (Å²) in [6.07, 6.45) is 6.05. The largest absolute Gasteiger partial charge is 0.481 e. The number of carbonyl (C=O) groups is 1. The maximum absolute atomic E-state index is 11.9. The van der Waals surface area contributed by atoms with Crippen LogP contribution in [0.25, 0.3) is 32.9 Å². The smallest absolute Gasteiger partial charge is 0.305 e. The number of aromatic nitrogens is 1. The molecule has 3 nitrogen and oxygen atoms in total. The molecule has 1 N–H and O–H groups in total. The molecule has 0 amide bonds. The fraction of sp³-hybridized carbons (Fsp3) is 0.296. The van der Waals surface area contributed by atoms with Crippen molar-refractivity contribution in [3.05, 3.63) is 72.8 Å². The van der Waals surface area contributed by atoms with Crippen LogP contribution in [0.15, 0.2) is 72.8 Å². The van der Waals surface area contributed by atoms with Gasteiger partial charge in [-0.05, 0) is 47.2 Å². The first-order chi connectivity index (χ1) is 14.7. The van der Waals surface area contributed by atoms with E-state index in [9.17, 15) is 9.90 Å². The van der Waals surface area contributed by atoms with E-state index in [0.29, 0.717) is 5.92 Å². The van der Waals surface area contributed by atoms with Crippen molar-refractivity contribution >= 4 is 27.6 Å². The number of rotatable bonds is 5. The number of benzene rings is 3. The summed E-state index contributed by atoms with van der Waals surface area (Å²) >= 11 is 0. The van der Waals surface area contributed by atoms with Gasteiger partial charge in [-0.25, -0.2) is 0 Å². The van der Waals surface area contributed by atoms with Crippen LogP contribution < -0.4 is 0 Å². The Morgan fingerprint density at radius 1 is 0.900 bits per heavy atom. The molecule has 0 aliphatic heterocycles. The molecule has 0 saturated heterocycles. The average molecular weight is 398 g/mol. The van der Waals surface area contributed by atoms with Gasteiger partial charge >= 0.3 is 5.97 Å². The van der Waals surface area contributed by atoms with Crippen molar-refractivity contribution in [3.63, 3.8) is 0 Å². The SMILES string of the molecule is O=C(O)CC(C1CCCCC1)n1c(-c2ccccc2)cc2c3ccccc3ccc21. The zero-order valence-electron chi connectivity index (χ0n) is 17.1. The van der Waals surface area contributed by atoms with Gasteiger partial charge in [0, 0.05) is 22.6 Å². The van der Waals surface area contributed by atoms with E-state index < -0.39 is 5.97 Å². The van der Waals surface area contributed by atoms with Crippen molar-refractivity contribution in [2.24, 2.45) is 5.92 Å². The van der Waals surface area contributed by atoms with E-state index in [1.165, 1.54) is 35.4 Å². The van der Waals surface area contributed by atoms with Crippen LogP contribution in [0.1, 0.15) is 44.6 Å². The molecule has 0 radical (unpaired) electrons. The topological polar surface area (TPSA) is 42.2 Å². The Labute approximate surface area is 177 Å². The first kappa shape index (κ1) is 18.9. The first-order valence-electron chi connectivity index (χ1n) is 11.0. The van der Waals surface area contributed by atoms with Gasteiger partial charge in [0.1, 0.15) is 0 Å². The monoisotopic (exact) mass is 397 g/mol. The fourth-order valence-corrected chi connectivity index (χ4v) is 5.34. The zero-order chi connectivity index (χ0) is 20.5. The predicted octanol–water partition coefficient (Wildman–Crippen LogP) is 7.06. The minimum atomic E-state index is -0.716. The molecule has 1 fully saturated rings. The van der Waals surface area contributed by atoms with E-state index in [-0.39, 0.29) is 12.5 Å². The maximum atomic E-state index is 11.9. The molecule has 4 aromatic rings. The Hall–Kier alpha value is -3.07. The lowest BCUT2D eigenvalue weighted by Gasteiger charge is -2.32. The third-order valence-electron chi connectivity index (χ3n) is 6.73. The standard InChI is InChI=1S/C27H27NO2/c29-27(30)18-26(21-12-5-2-6-13-21)28-24-16-15-19-9-7-8-14-22(19)23(24)17-25(28)20-10-3-1-4-11-20/h1,3-4,7-11,14-17,21,26H,2,5-6,12-13,18H2,(H,29,30). The molecule has 1 atom stereocenters. The Morgan fingerprint density at radius 3 is 2.40 bits per heavy atom. The van der Waals surface area contributed by atoms with Crippen LogP contribution in [-0.4, -0.2) is 15.6 Å². The minimum Gasteiger partial charge on any atom is -0.481 e. The van der Waals surface area contributed by atoms with Crippen LogP contribution in [0.5, 0.6) is 0 Å². The molecule has 0 spiro atoms. The van der Waals surface area contributed by atoms with Crippen LogP contribution in [0, 0.1) is 5.92 Å². The van der Waals surface area contributed by atoms with Crippen molar-refractivity contribution in [2.75, 3.05) is 0 Å². The number of nitrogens with zero attached hydrogens (tertiary/aromatic N) is 1. The van der Waals surface area contributed by atoms with Crippen LogP contribution in [-0.2, 0) is 4.79 Å². The first-order valence-corrected chi connectivity index (χ1v) is 11.0. The molecule has 3 heteroatoms. The molecule has 3 aromatic carbocycles. The second-order valence-electron chi connectivity index (χ2n) is 8.55. The summed E-state index contributed by atoms with van der Waals surface area (Å²) in [7, 11) is 0. The molecule has 1 saturated carbocycles. The average Bonchev–Trinajstić information content (AvgIpc) is 3.18. The van der Waals surface area contributed by atoms with Crippen molar-refractivity contribution in [3.8, 4) is 11.3 Å². The summed E-state index contributed by atoms with van der Waals surface area (Å²) in [6.45, 7) is 0. The molecule has 1 aromatic heterocycles. The second-order valence-corrected chi connectivity index (χ2v) is 8.55. The normalized spacial score (nSPS) is 16.1. The van der Waals surface area contributed by atoms with Gasteiger partial charge < -0.3 is 9.67 Å². The number of carboxylic acid groups (broad SMARTS) is 1. The maximum Gasteiger partial charge on any atom is 0.305 e. The zero-order valence-corrected chi connectivity index (χ0v) is 17.1. The van der Waals surface area contributed by atoms with Gasteiger partial charge in [-0.1, -0.05) is 79.9 Å². The van der Waals surface area contributed by atoms with Crippen LogP contribution in [0.4, 0.5) is 0 Å². The van der Waals surface area contributed by atoms with E-state index in [4.69, 9.17) is 0 Å². The lowest BCUT2D eigenvalue weighted by molar-refractivity contribution is -0.138. The highest BCUT2D eigenvalue weighted by atomic mass is 16.4. The highest BCUT2D eigenvalue weighted by molar-refractivity contribution is 6.08. The Morgan fingerprint density at radius 2 is 1.63 bits per heavy atom. The number of hydrogen-bond acceptors (Lipinski definition) is 1. The summed E-state index contributed by atoms with van der Waals surface area (Å²) < 4.78 is 2.35. The molecule has 1 aliphatic rings. The molecule has 152 valence electrons. The lowest BCUT2D eigenvalue weighted by Crippen LogP contribution is -2.25. The van der Waals surface area contributed by atoms with Gasteiger partial charge in [-0.2, -0.15) is 0 Å². The van der Waals surface area contributed by atoms with Crippen molar-refractivity contribution in [2.45, 2.75) is 44.6 Å². The van der Waals surface area contributed by atoms with Gasteiger partial charge in [0.05, 0.1) is 6.42 Å². The van der Waals surface area contributed by atoms with E-state index in [2.05, 4.69) is 71.3 Å². The van der Waals surface area contributed by atoms with Crippen molar-refractivity contribution in [1.29, 1.82) is 0 Å². The minimum absolute atomic E-state index is 0.0309. The van der Waals surface area contributed by atoms with Crippen LogP contribution >= 0.6 is 0 Å². The van der Waals surface area contributed by atoms with Gasteiger partial charge in [0.25, 0.3) is 0 Å². The quantitative estimate of drug-likeness (QED) is 0.392. The highest BCUT2D eigenvalue weighted by Crippen LogP contribution is 2.42. The Balaban J connectivity index is 1.79. The van der Waals surface area contributed by atoms with Gasteiger partial charge in [-0.3, -0.25) is 4.79 Å². The fourth-order valence-electron chi connectivity index (χ4n) is 5.34. The number of hydrogen-bond donors (Lipinski definition) is 1. The van der Waals surface area contributed by atoms with Crippen molar-refractivity contribution < 1.29 is 9.90 Å². The Bertz CT molecular complexity index is 1190. The second kappa shape index (κ2) is 7.98. The number of carboxylic acids is 1. The summed E-state index contributed by atoms with van der Waals surface area (Å²) in [5.74, 6) is -0.313. The van der Waals surface area contributed by atoms with Crippen LogP contribution in [0.3, 0.4) is 0 Å².